The van der Waals surface area contributed by atoms with Crippen LogP contribution in [0.25, 0.3) is 0 Å². The summed E-state index contributed by atoms with van der Waals surface area (Å²) in [6.07, 6.45) is 0. The minimum absolute atomic E-state index is 0.121. The standard InChI is InChI=1S/C20H17BrN2OS/c21-17-8-4-7-16(13-17)20(24)23-18-9-11-19(12-10-18)25-22-14-15-5-2-1-3-6-15/h1-13,22H,14H2,(H,23,24). The molecule has 0 saturated carbocycles. The Balaban J connectivity index is 1.52. The number of carbonyl (C=O) groups is 1. The average molecular weight is 413 g/mol. The number of carbonyl (C=O) groups excluding carboxylic acids is 1. The maximum Gasteiger partial charge on any atom is 0.255 e. The lowest BCUT2D eigenvalue weighted by Gasteiger charge is -2.08. The van der Waals surface area contributed by atoms with E-state index in [1.807, 2.05) is 54.6 Å². The maximum absolute atomic E-state index is 12.2. The molecule has 0 aliphatic carbocycles. The molecule has 2 N–H and O–H groups in total. The van der Waals surface area contributed by atoms with Gasteiger partial charge in [0.15, 0.2) is 0 Å². The largest absolute Gasteiger partial charge is 0.322 e. The van der Waals surface area contributed by atoms with Gasteiger partial charge in [0.05, 0.1) is 0 Å². The van der Waals surface area contributed by atoms with E-state index in [0.717, 1.165) is 21.6 Å². The van der Waals surface area contributed by atoms with Crippen LogP contribution < -0.4 is 10.0 Å². The van der Waals surface area contributed by atoms with Crippen LogP contribution in [0.4, 0.5) is 5.69 Å². The molecule has 0 aliphatic heterocycles. The van der Waals surface area contributed by atoms with Gasteiger partial charge in [0.1, 0.15) is 0 Å². The Labute approximate surface area is 160 Å². The molecule has 0 bridgehead atoms. The number of halogens is 1. The Morgan fingerprint density at radius 1 is 0.920 bits per heavy atom. The molecule has 0 unspecified atom stereocenters. The van der Waals surface area contributed by atoms with E-state index in [2.05, 4.69) is 38.1 Å². The van der Waals surface area contributed by atoms with Gasteiger partial charge < -0.3 is 5.32 Å². The number of anilines is 1. The summed E-state index contributed by atoms with van der Waals surface area (Å²) in [7, 11) is 0. The Bertz CT molecular complexity index is 838. The first-order chi connectivity index (χ1) is 12.2. The summed E-state index contributed by atoms with van der Waals surface area (Å²) in [6, 6.07) is 25.4. The second-order valence-corrected chi connectivity index (χ2v) is 7.28. The summed E-state index contributed by atoms with van der Waals surface area (Å²) in [5.74, 6) is -0.121. The topological polar surface area (TPSA) is 41.1 Å². The monoisotopic (exact) mass is 412 g/mol. The van der Waals surface area contributed by atoms with Crippen LogP contribution in [0.15, 0.2) is 88.2 Å². The summed E-state index contributed by atoms with van der Waals surface area (Å²) in [5, 5.41) is 2.91. The van der Waals surface area contributed by atoms with Gasteiger partial charge in [-0.25, -0.2) is 0 Å². The van der Waals surface area contributed by atoms with Crippen LogP contribution in [-0.4, -0.2) is 5.91 Å². The molecule has 0 aliphatic rings. The first-order valence-electron chi connectivity index (χ1n) is 7.81. The molecule has 0 heterocycles. The lowest BCUT2D eigenvalue weighted by atomic mass is 10.2. The van der Waals surface area contributed by atoms with E-state index in [4.69, 9.17) is 0 Å². The third-order valence-corrected chi connectivity index (χ3v) is 4.80. The van der Waals surface area contributed by atoms with Gasteiger partial charge >= 0.3 is 0 Å². The van der Waals surface area contributed by atoms with E-state index in [9.17, 15) is 4.79 Å². The quantitative estimate of drug-likeness (QED) is 0.525. The molecule has 3 aromatic rings. The van der Waals surface area contributed by atoms with E-state index in [-0.39, 0.29) is 5.91 Å². The molecule has 0 atom stereocenters. The average Bonchev–Trinajstić information content (AvgIpc) is 2.64. The van der Waals surface area contributed by atoms with Gasteiger partial charge in [-0.15, -0.1) is 0 Å². The summed E-state index contributed by atoms with van der Waals surface area (Å²) >= 11 is 4.95. The molecule has 0 radical (unpaired) electrons. The number of rotatable bonds is 6. The van der Waals surface area contributed by atoms with E-state index in [1.54, 1.807) is 24.1 Å². The predicted molar refractivity (Wildman–Crippen MR) is 108 cm³/mol. The highest BCUT2D eigenvalue weighted by molar-refractivity contribution is 9.10. The van der Waals surface area contributed by atoms with E-state index < -0.39 is 0 Å². The van der Waals surface area contributed by atoms with E-state index >= 15 is 0 Å². The molecular formula is C20H17BrN2OS. The van der Waals surface area contributed by atoms with Crippen molar-refractivity contribution in [3.8, 4) is 0 Å². The van der Waals surface area contributed by atoms with Crippen LogP contribution in [-0.2, 0) is 6.54 Å². The molecule has 126 valence electrons. The Morgan fingerprint density at radius 3 is 2.40 bits per heavy atom. The van der Waals surface area contributed by atoms with Crippen LogP contribution in [0.2, 0.25) is 0 Å². The van der Waals surface area contributed by atoms with Gasteiger partial charge in [-0.2, -0.15) is 0 Å². The lowest BCUT2D eigenvalue weighted by Crippen LogP contribution is -2.11. The molecule has 3 aromatic carbocycles. The molecule has 3 nitrogen and oxygen atoms in total. The number of hydrogen-bond acceptors (Lipinski definition) is 3. The molecule has 0 fully saturated rings. The van der Waals surface area contributed by atoms with E-state index in [0.29, 0.717) is 5.56 Å². The zero-order valence-electron chi connectivity index (χ0n) is 13.4. The van der Waals surface area contributed by atoms with Crippen LogP contribution in [0, 0.1) is 0 Å². The molecule has 3 rings (SSSR count). The summed E-state index contributed by atoms with van der Waals surface area (Å²) in [4.78, 5) is 13.3. The van der Waals surface area contributed by atoms with Crippen molar-refractivity contribution in [3.05, 3.63) is 94.5 Å². The molecule has 1 amide bonds. The minimum atomic E-state index is -0.121. The summed E-state index contributed by atoms with van der Waals surface area (Å²) in [6.45, 7) is 0.798. The smallest absolute Gasteiger partial charge is 0.255 e. The molecule has 0 spiro atoms. The zero-order chi connectivity index (χ0) is 17.5. The van der Waals surface area contributed by atoms with Crippen molar-refractivity contribution in [3.63, 3.8) is 0 Å². The molecule has 0 saturated heterocycles. The number of amides is 1. The van der Waals surface area contributed by atoms with Crippen molar-refractivity contribution < 1.29 is 4.79 Å². The zero-order valence-corrected chi connectivity index (χ0v) is 15.8. The molecular weight excluding hydrogens is 396 g/mol. The van der Waals surface area contributed by atoms with Crippen molar-refractivity contribution in [2.24, 2.45) is 0 Å². The minimum Gasteiger partial charge on any atom is -0.322 e. The molecule has 5 heteroatoms. The predicted octanol–water partition coefficient (Wildman–Crippen LogP) is 5.50. The normalized spacial score (nSPS) is 10.4. The van der Waals surface area contributed by atoms with Crippen molar-refractivity contribution in [1.29, 1.82) is 0 Å². The van der Waals surface area contributed by atoms with Gasteiger partial charge in [0, 0.05) is 27.2 Å². The van der Waals surface area contributed by atoms with Gasteiger partial charge in [-0.3, -0.25) is 9.52 Å². The highest BCUT2D eigenvalue weighted by Gasteiger charge is 2.06. The van der Waals surface area contributed by atoms with Crippen molar-refractivity contribution >= 4 is 39.5 Å². The number of benzene rings is 3. The van der Waals surface area contributed by atoms with Gasteiger partial charge in [0.2, 0.25) is 0 Å². The fourth-order valence-corrected chi connectivity index (χ4v) is 3.31. The fourth-order valence-electron chi connectivity index (χ4n) is 2.24. The fraction of sp³-hybridized carbons (Fsp3) is 0.0500. The van der Waals surface area contributed by atoms with Crippen LogP contribution in [0.1, 0.15) is 15.9 Å². The van der Waals surface area contributed by atoms with E-state index in [1.165, 1.54) is 5.56 Å². The van der Waals surface area contributed by atoms with Crippen LogP contribution in [0.3, 0.4) is 0 Å². The molecule has 25 heavy (non-hydrogen) atoms. The summed E-state index contributed by atoms with van der Waals surface area (Å²) in [5.41, 5.74) is 2.64. The highest BCUT2D eigenvalue weighted by Crippen LogP contribution is 2.19. The Kier molecular flexibility index (Phi) is 6.28. The van der Waals surface area contributed by atoms with Crippen molar-refractivity contribution in [2.75, 3.05) is 5.32 Å². The Morgan fingerprint density at radius 2 is 1.68 bits per heavy atom. The SMILES string of the molecule is O=C(Nc1ccc(SNCc2ccccc2)cc1)c1cccc(Br)c1. The first kappa shape index (κ1) is 17.7. The second-order valence-electron chi connectivity index (χ2n) is 5.40. The van der Waals surface area contributed by atoms with Crippen LogP contribution in [0.5, 0.6) is 0 Å². The summed E-state index contributed by atoms with van der Waals surface area (Å²) < 4.78 is 4.22. The van der Waals surface area contributed by atoms with Crippen LogP contribution >= 0.6 is 27.9 Å². The van der Waals surface area contributed by atoms with Crippen molar-refractivity contribution in [2.45, 2.75) is 11.4 Å². The first-order valence-corrected chi connectivity index (χ1v) is 9.42. The molecule has 0 aromatic heterocycles. The Hall–Kier alpha value is -2.08. The third-order valence-electron chi connectivity index (χ3n) is 3.51. The number of nitrogens with one attached hydrogen (secondary N) is 2. The lowest BCUT2D eigenvalue weighted by molar-refractivity contribution is 0.102. The maximum atomic E-state index is 12.2. The van der Waals surface area contributed by atoms with Gasteiger partial charge in [-0.05, 0) is 60.0 Å². The van der Waals surface area contributed by atoms with Crippen molar-refractivity contribution in [1.82, 2.24) is 4.72 Å². The third kappa shape index (κ3) is 5.46. The second kappa shape index (κ2) is 8.85. The van der Waals surface area contributed by atoms with Gasteiger partial charge in [-0.1, -0.05) is 52.3 Å². The number of hydrogen-bond donors (Lipinski definition) is 2. The highest BCUT2D eigenvalue weighted by atomic mass is 79.9. The van der Waals surface area contributed by atoms with Gasteiger partial charge in [0.25, 0.3) is 5.91 Å².